The maximum atomic E-state index is 14.2. The van der Waals surface area contributed by atoms with Gasteiger partial charge in [-0.05, 0) is 29.8 Å². The summed E-state index contributed by atoms with van der Waals surface area (Å²) in [5, 5.41) is 12.2. The van der Waals surface area contributed by atoms with E-state index in [1.54, 1.807) is 31.4 Å². The summed E-state index contributed by atoms with van der Waals surface area (Å²) in [5.41, 5.74) is 2.33. The predicted molar refractivity (Wildman–Crippen MR) is 82.2 cm³/mol. The third kappa shape index (κ3) is 2.81. The highest BCUT2D eigenvalue weighted by atomic mass is 35.5. The van der Waals surface area contributed by atoms with Gasteiger partial charge in [0, 0.05) is 11.8 Å². The van der Waals surface area contributed by atoms with E-state index < -0.39 is 5.82 Å². The van der Waals surface area contributed by atoms with Gasteiger partial charge in [0.25, 0.3) is 0 Å². The molecule has 0 spiro atoms. The normalized spacial score (nSPS) is 10.4. The van der Waals surface area contributed by atoms with Crippen LogP contribution in [0.2, 0.25) is 5.02 Å². The molecule has 0 atom stereocenters. The molecule has 0 bridgehead atoms. The molecule has 0 fully saturated rings. The lowest BCUT2D eigenvalue weighted by molar-refractivity contribution is 0.625. The van der Waals surface area contributed by atoms with Gasteiger partial charge in [-0.3, -0.25) is 4.98 Å². The Balaban J connectivity index is 0.00000176. The van der Waals surface area contributed by atoms with Crippen LogP contribution >= 0.6 is 11.6 Å². The van der Waals surface area contributed by atoms with Crippen molar-refractivity contribution in [2.75, 3.05) is 0 Å². The van der Waals surface area contributed by atoms with Crippen LogP contribution in [0.25, 0.3) is 22.5 Å². The summed E-state index contributed by atoms with van der Waals surface area (Å²) >= 11 is 6.10. The van der Waals surface area contributed by atoms with E-state index in [-0.39, 0.29) is 17.5 Å². The Bertz CT molecular complexity index is 817. The predicted octanol–water partition coefficient (Wildman–Crippen LogP) is 3.20. The van der Waals surface area contributed by atoms with Crippen molar-refractivity contribution < 1.29 is 4.39 Å². The lowest BCUT2D eigenvalue weighted by atomic mass is 10.00. The van der Waals surface area contributed by atoms with Crippen LogP contribution < -0.4 is 6.15 Å². The molecule has 3 N–H and O–H groups in total. The maximum absolute atomic E-state index is 14.2. The molecule has 0 aliphatic carbocycles. The molecule has 3 aromatic rings. The van der Waals surface area contributed by atoms with Crippen molar-refractivity contribution in [2.45, 2.75) is 6.92 Å². The van der Waals surface area contributed by atoms with Crippen LogP contribution in [0.1, 0.15) is 5.69 Å². The Morgan fingerprint density at radius 3 is 2.68 bits per heavy atom. The first kappa shape index (κ1) is 16.0. The Hall–Kier alpha value is -2.38. The minimum Gasteiger partial charge on any atom is -0.344 e. The first-order chi connectivity index (χ1) is 10.1. The molecule has 8 heteroatoms. The summed E-state index contributed by atoms with van der Waals surface area (Å²) in [5.74, 6) is -0.195. The number of hydrogen-bond donors (Lipinski definition) is 1. The molecule has 3 rings (SSSR count). The van der Waals surface area contributed by atoms with Crippen molar-refractivity contribution in [3.05, 3.63) is 47.0 Å². The summed E-state index contributed by atoms with van der Waals surface area (Å²) < 4.78 is 14.2. The first-order valence-electron chi connectivity index (χ1n) is 6.21. The second kappa shape index (κ2) is 6.17. The second-order valence-electron chi connectivity index (χ2n) is 4.56. The number of hydrogen-bond acceptors (Lipinski definition) is 5. The number of nitrogens with zero attached hydrogens (tertiary/aromatic N) is 5. The molecule has 0 aliphatic heterocycles. The molecule has 2 aromatic heterocycles. The molecule has 2 heterocycles. The molecule has 114 valence electrons. The van der Waals surface area contributed by atoms with Gasteiger partial charge in [0.2, 0.25) is 5.82 Å². The average Bonchev–Trinajstić information content (AvgIpc) is 2.88. The molecule has 0 saturated heterocycles. The van der Waals surface area contributed by atoms with Crippen molar-refractivity contribution in [3.63, 3.8) is 0 Å². The quantitative estimate of drug-likeness (QED) is 0.782. The van der Waals surface area contributed by atoms with Crippen molar-refractivity contribution in [1.29, 1.82) is 0 Å². The minimum atomic E-state index is -0.419. The van der Waals surface area contributed by atoms with Gasteiger partial charge in [-0.15, -0.1) is 10.2 Å². The monoisotopic (exact) mass is 320 g/mol. The van der Waals surface area contributed by atoms with Gasteiger partial charge in [-0.2, -0.15) is 4.80 Å². The molecule has 6 nitrogen and oxygen atoms in total. The van der Waals surface area contributed by atoms with Gasteiger partial charge in [0.05, 0.1) is 23.3 Å². The molecule has 1 aromatic carbocycles. The molecule has 0 saturated carbocycles. The fourth-order valence-corrected chi connectivity index (χ4v) is 2.20. The van der Waals surface area contributed by atoms with E-state index in [4.69, 9.17) is 11.6 Å². The third-order valence-corrected chi connectivity index (χ3v) is 3.46. The number of rotatable bonds is 2. The van der Waals surface area contributed by atoms with Gasteiger partial charge in [-0.25, -0.2) is 4.39 Å². The molecule has 0 unspecified atom stereocenters. The SMILES string of the molecule is Cc1ncc(-c2cccc(F)c2-c2nnn(C)n2)cc1Cl.N. The van der Waals surface area contributed by atoms with E-state index in [2.05, 4.69) is 20.4 Å². The first-order valence-corrected chi connectivity index (χ1v) is 6.59. The summed E-state index contributed by atoms with van der Waals surface area (Å²) in [4.78, 5) is 5.49. The van der Waals surface area contributed by atoms with Crippen molar-refractivity contribution in [1.82, 2.24) is 31.3 Å². The number of halogens is 2. The standard InChI is InChI=1S/C14H11ClFN5.H3N/c1-8-11(15)6-9(7-17-8)10-4-3-5-12(16)13(10)14-18-20-21(2)19-14;/h3-7H,1-2H3;1H3. The van der Waals surface area contributed by atoms with Gasteiger partial charge < -0.3 is 6.15 Å². The van der Waals surface area contributed by atoms with E-state index in [9.17, 15) is 4.39 Å². The topological polar surface area (TPSA) is 91.5 Å². The van der Waals surface area contributed by atoms with Crippen molar-refractivity contribution in [3.8, 4) is 22.5 Å². The van der Waals surface area contributed by atoms with Crippen LogP contribution in [-0.2, 0) is 7.05 Å². The highest BCUT2D eigenvalue weighted by molar-refractivity contribution is 6.31. The third-order valence-electron chi connectivity index (χ3n) is 3.08. The van der Waals surface area contributed by atoms with E-state index in [0.717, 1.165) is 5.69 Å². The van der Waals surface area contributed by atoms with Gasteiger partial charge in [0.15, 0.2) is 0 Å². The van der Waals surface area contributed by atoms with Crippen LogP contribution in [0.15, 0.2) is 30.5 Å². The van der Waals surface area contributed by atoms with Crippen molar-refractivity contribution >= 4 is 11.6 Å². The van der Waals surface area contributed by atoms with E-state index in [1.165, 1.54) is 10.9 Å². The van der Waals surface area contributed by atoms with Crippen LogP contribution in [0.5, 0.6) is 0 Å². The zero-order valence-corrected chi connectivity index (χ0v) is 12.8. The summed E-state index contributed by atoms with van der Waals surface area (Å²) in [6.07, 6.45) is 1.65. The Morgan fingerprint density at radius 1 is 1.27 bits per heavy atom. The molecule has 0 amide bonds. The molecule has 22 heavy (non-hydrogen) atoms. The zero-order valence-electron chi connectivity index (χ0n) is 12.1. The lowest BCUT2D eigenvalue weighted by Crippen LogP contribution is -1.95. The van der Waals surface area contributed by atoms with Crippen LogP contribution in [-0.4, -0.2) is 25.2 Å². The number of pyridine rings is 1. The highest BCUT2D eigenvalue weighted by Crippen LogP contribution is 2.33. The van der Waals surface area contributed by atoms with Gasteiger partial charge >= 0.3 is 0 Å². The summed E-state index contributed by atoms with van der Waals surface area (Å²) in [7, 11) is 1.63. The fourth-order valence-electron chi connectivity index (χ4n) is 2.03. The average molecular weight is 321 g/mol. The minimum absolute atomic E-state index is 0. The molecule has 0 radical (unpaired) electrons. The molecular weight excluding hydrogens is 307 g/mol. The Kier molecular flexibility index (Phi) is 4.48. The number of tetrazole rings is 1. The van der Waals surface area contributed by atoms with Crippen LogP contribution in [0.4, 0.5) is 4.39 Å². The van der Waals surface area contributed by atoms with E-state index in [1.807, 2.05) is 6.92 Å². The van der Waals surface area contributed by atoms with Crippen LogP contribution in [0, 0.1) is 12.7 Å². The van der Waals surface area contributed by atoms with E-state index in [0.29, 0.717) is 16.1 Å². The fraction of sp³-hybridized carbons (Fsp3) is 0.143. The summed E-state index contributed by atoms with van der Waals surface area (Å²) in [6, 6.07) is 6.51. The number of aromatic nitrogens is 5. The molecule has 0 aliphatic rings. The van der Waals surface area contributed by atoms with Gasteiger partial charge in [-0.1, -0.05) is 23.7 Å². The smallest absolute Gasteiger partial charge is 0.208 e. The largest absolute Gasteiger partial charge is 0.344 e. The number of aryl methyl sites for hydroxylation is 2. The highest BCUT2D eigenvalue weighted by Gasteiger charge is 2.17. The zero-order chi connectivity index (χ0) is 15.0. The summed E-state index contributed by atoms with van der Waals surface area (Å²) in [6.45, 7) is 1.81. The number of benzene rings is 1. The van der Waals surface area contributed by atoms with Crippen LogP contribution in [0.3, 0.4) is 0 Å². The second-order valence-corrected chi connectivity index (χ2v) is 4.96. The molecular formula is C14H14ClFN6. The van der Waals surface area contributed by atoms with Crippen molar-refractivity contribution in [2.24, 2.45) is 7.05 Å². The Morgan fingerprint density at radius 2 is 2.05 bits per heavy atom. The Labute approximate surface area is 131 Å². The van der Waals surface area contributed by atoms with Gasteiger partial charge in [0.1, 0.15) is 5.82 Å². The maximum Gasteiger partial charge on any atom is 0.208 e. The lowest BCUT2D eigenvalue weighted by Gasteiger charge is -2.08. The van der Waals surface area contributed by atoms with E-state index >= 15 is 0 Å².